The fourth-order valence-electron chi connectivity index (χ4n) is 7.68. The van der Waals surface area contributed by atoms with E-state index < -0.39 is 6.10 Å². The standard InChI is InChI=1S/C61H104O6/c1-4-7-10-13-16-19-22-25-28-30-33-36-39-42-45-48-51-54-60(63)66-57-58(56-65-59(62)53-50-47-44-41-38-35-32-27-24-21-18-15-12-9-6-3)67-61(64)55-52-49-46-43-40-37-34-31-29-26-23-20-17-14-11-8-5-2/h9,12,16,18-19,21,25,27-28,32-33,36,42,45,58H,4-8,10-11,13-15,17,20,22-24,26,29-31,34-35,37-41,43-44,46-57H2,1-3H3/b12-9+,19-16+,21-18+,28-25+,32-27+,36-33+,45-42+/t58-/m1/s1. The van der Waals surface area contributed by atoms with Crippen LogP contribution in [0.3, 0.4) is 0 Å². The van der Waals surface area contributed by atoms with Gasteiger partial charge in [0.1, 0.15) is 13.2 Å². The Bertz CT molecular complexity index is 1300. The molecule has 0 N–H and O–H groups in total. The number of carbonyl (C=O) groups is 3. The van der Waals surface area contributed by atoms with Gasteiger partial charge in [-0.3, -0.25) is 14.4 Å². The van der Waals surface area contributed by atoms with Crippen LogP contribution in [-0.2, 0) is 28.6 Å². The SMILES string of the molecule is CC/C=C/C/C=C/C/C=C/CCCCCCCC(=O)OC[C@H](COC(=O)CCC/C=C/C/C=C/C/C=C/C/C=C/CCCCC)OC(=O)CCCCCCCCCCCCCCCCCCC. The Morgan fingerprint density at radius 2 is 0.597 bits per heavy atom. The number of hydrogen-bond acceptors (Lipinski definition) is 6. The first-order chi connectivity index (χ1) is 33.0. The Morgan fingerprint density at radius 3 is 1.00 bits per heavy atom. The lowest BCUT2D eigenvalue weighted by atomic mass is 10.0. The summed E-state index contributed by atoms with van der Waals surface area (Å²) in [6.45, 7) is 6.45. The molecule has 0 saturated heterocycles. The first-order valence-electron chi connectivity index (χ1n) is 28.1. The predicted octanol–water partition coefficient (Wildman–Crippen LogP) is 18.8. The van der Waals surface area contributed by atoms with Crippen LogP contribution in [-0.4, -0.2) is 37.2 Å². The molecule has 0 aliphatic carbocycles. The molecular weight excluding hydrogens is 829 g/mol. The van der Waals surface area contributed by atoms with Crippen LogP contribution in [0.15, 0.2) is 85.1 Å². The smallest absolute Gasteiger partial charge is 0.306 e. The average Bonchev–Trinajstić information content (AvgIpc) is 3.33. The van der Waals surface area contributed by atoms with E-state index >= 15 is 0 Å². The van der Waals surface area contributed by atoms with Crippen LogP contribution < -0.4 is 0 Å². The Balaban J connectivity index is 4.48. The van der Waals surface area contributed by atoms with Crippen LogP contribution >= 0.6 is 0 Å². The lowest BCUT2D eigenvalue weighted by Gasteiger charge is -2.18. The van der Waals surface area contributed by atoms with Crippen LogP contribution in [0.2, 0.25) is 0 Å². The van der Waals surface area contributed by atoms with Gasteiger partial charge >= 0.3 is 17.9 Å². The normalized spacial score (nSPS) is 12.7. The fraction of sp³-hybridized carbons (Fsp3) is 0.721. The largest absolute Gasteiger partial charge is 0.462 e. The van der Waals surface area contributed by atoms with E-state index in [2.05, 4.69) is 106 Å². The lowest BCUT2D eigenvalue weighted by molar-refractivity contribution is -0.167. The minimum absolute atomic E-state index is 0.101. The highest BCUT2D eigenvalue weighted by Gasteiger charge is 2.19. The number of allylic oxidation sites excluding steroid dienone is 14. The minimum atomic E-state index is -0.804. The summed E-state index contributed by atoms with van der Waals surface area (Å²) in [4.78, 5) is 38.1. The highest BCUT2D eigenvalue weighted by Crippen LogP contribution is 2.16. The fourth-order valence-corrected chi connectivity index (χ4v) is 7.68. The van der Waals surface area contributed by atoms with E-state index in [0.717, 1.165) is 103 Å². The molecule has 6 heteroatoms. The molecule has 0 saturated carbocycles. The summed E-state index contributed by atoms with van der Waals surface area (Å²) in [5.41, 5.74) is 0. The van der Waals surface area contributed by atoms with Gasteiger partial charge in [0, 0.05) is 19.3 Å². The van der Waals surface area contributed by atoms with Crippen molar-refractivity contribution in [3.05, 3.63) is 85.1 Å². The monoisotopic (exact) mass is 933 g/mol. The van der Waals surface area contributed by atoms with Crippen LogP contribution in [0.1, 0.15) is 265 Å². The molecule has 0 aliphatic rings. The van der Waals surface area contributed by atoms with Crippen LogP contribution in [0.25, 0.3) is 0 Å². The number of rotatable bonds is 50. The maximum atomic E-state index is 12.8. The molecule has 6 nitrogen and oxygen atoms in total. The molecule has 0 amide bonds. The van der Waals surface area contributed by atoms with Gasteiger partial charge in [-0.15, -0.1) is 0 Å². The Kier molecular flexibility index (Phi) is 52.4. The summed E-state index contributed by atoms with van der Waals surface area (Å²) < 4.78 is 16.8. The number of ether oxygens (including phenoxy) is 3. The molecule has 0 aromatic carbocycles. The summed E-state index contributed by atoms with van der Waals surface area (Å²) in [7, 11) is 0. The van der Waals surface area contributed by atoms with E-state index in [4.69, 9.17) is 14.2 Å². The zero-order chi connectivity index (χ0) is 48.6. The van der Waals surface area contributed by atoms with Gasteiger partial charge in [0.05, 0.1) is 0 Å². The Morgan fingerprint density at radius 1 is 0.313 bits per heavy atom. The van der Waals surface area contributed by atoms with Gasteiger partial charge in [0.25, 0.3) is 0 Å². The molecule has 0 rings (SSSR count). The van der Waals surface area contributed by atoms with Gasteiger partial charge in [-0.25, -0.2) is 0 Å². The molecule has 0 radical (unpaired) electrons. The maximum absolute atomic E-state index is 12.8. The summed E-state index contributed by atoms with van der Waals surface area (Å²) >= 11 is 0. The molecule has 0 heterocycles. The second-order valence-corrected chi connectivity index (χ2v) is 18.5. The van der Waals surface area contributed by atoms with Crippen LogP contribution in [0.5, 0.6) is 0 Å². The average molecular weight is 933 g/mol. The zero-order valence-electron chi connectivity index (χ0n) is 43.9. The number of esters is 3. The van der Waals surface area contributed by atoms with Crippen molar-refractivity contribution in [2.75, 3.05) is 13.2 Å². The van der Waals surface area contributed by atoms with Crippen LogP contribution in [0, 0.1) is 0 Å². The molecule has 384 valence electrons. The van der Waals surface area contributed by atoms with Crippen molar-refractivity contribution in [1.29, 1.82) is 0 Å². The van der Waals surface area contributed by atoms with E-state index in [1.807, 2.05) is 0 Å². The molecule has 1 atom stereocenters. The lowest BCUT2D eigenvalue weighted by Crippen LogP contribution is -2.30. The van der Waals surface area contributed by atoms with Crippen LogP contribution in [0.4, 0.5) is 0 Å². The summed E-state index contributed by atoms with van der Waals surface area (Å²) in [6, 6.07) is 0. The van der Waals surface area contributed by atoms with Gasteiger partial charge in [-0.05, 0) is 89.9 Å². The molecule has 0 aliphatic heterocycles. The Hall–Kier alpha value is -3.41. The van der Waals surface area contributed by atoms with E-state index in [1.165, 1.54) is 116 Å². The molecule has 0 unspecified atom stereocenters. The molecule has 67 heavy (non-hydrogen) atoms. The third-order valence-corrected chi connectivity index (χ3v) is 11.9. The van der Waals surface area contributed by atoms with Gasteiger partial charge in [-0.1, -0.05) is 241 Å². The van der Waals surface area contributed by atoms with E-state index in [9.17, 15) is 14.4 Å². The van der Waals surface area contributed by atoms with Crippen molar-refractivity contribution in [3.8, 4) is 0 Å². The number of hydrogen-bond donors (Lipinski definition) is 0. The van der Waals surface area contributed by atoms with Crippen molar-refractivity contribution in [1.82, 2.24) is 0 Å². The van der Waals surface area contributed by atoms with Gasteiger partial charge < -0.3 is 14.2 Å². The first-order valence-corrected chi connectivity index (χ1v) is 28.1. The van der Waals surface area contributed by atoms with Gasteiger partial charge in [0.2, 0.25) is 0 Å². The van der Waals surface area contributed by atoms with Crippen molar-refractivity contribution >= 4 is 17.9 Å². The van der Waals surface area contributed by atoms with E-state index in [0.29, 0.717) is 19.3 Å². The highest BCUT2D eigenvalue weighted by atomic mass is 16.6. The third-order valence-electron chi connectivity index (χ3n) is 11.9. The topological polar surface area (TPSA) is 78.9 Å². The van der Waals surface area contributed by atoms with E-state index in [1.54, 1.807) is 0 Å². The molecule has 0 aromatic rings. The molecular formula is C61H104O6. The summed E-state index contributed by atoms with van der Waals surface area (Å²) in [6.07, 6.45) is 71.5. The molecule has 0 aromatic heterocycles. The second-order valence-electron chi connectivity index (χ2n) is 18.5. The van der Waals surface area contributed by atoms with Crippen molar-refractivity contribution in [2.45, 2.75) is 271 Å². The van der Waals surface area contributed by atoms with E-state index in [-0.39, 0.29) is 37.5 Å². The minimum Gasteiger partial charge on any atom is -0.462 e. The first kappa shape index (κ1) is 63.6. The van der Waals surface area contributed by atoms with Gasteiger partial charge in [-0.2, -0.15) is 0 Å². The van der Waals surface area contributed by atoms with Gasteiger partial charge in [0.15, 0.2) is 6.10 Å². The second kappa shape index (κ2) is 55.2. The predicted molar refractivity (Wildman–Crippen MR) is 288 cm³/mol. The molecule has 0 fully saturated rings. The molecule has 0 spiro atoms. The van der Waals surface area contributed by atoms with Crippen molar-refractivity contribution < 1.29 is 28.6 Å². The zero-order valence-corrected chi connectivity index (χ0v) is 43.9. The Labute approximate surface area is 414 Å². The maximum Gasteiger partial charge on any atom is 0.306 e. The molecule has 0 bridgehead atoms. The highest BCUT2D eigenvalue weighted by molar-refractivity contribution is 5.71. The number of unbranched alkanes of at least 4 members (excludes halogenated alkanes) is 25. The third kappa shape index (κ3) is 53.4. The number of carbonyl (C=O) groups excluding carboxylic acids is 3. The summed E-state index contributed by atoms with van der Waals surface area (Å²) in [5, 5.41) is 0. The summed E-state index contributed by atoms with van der Waals surface area (Å²) in [5.74, 6) is -0.968. The quantitative estimate of drug-likeness (QED) is 0.0262. The van der Waals surface area contributed by atoms with Crippen molar-refractivity contribution in [2.24, 2.45) is 0 Å². The van der Waals surface area contributed by atoms with Crippen molar-refractivity contribution in [3.63, 3.8) is 0 Å².